The first-order valence-corrected chi connectivity index (χ1v) is 7.80. The first-order chi connectivity index (χ1) is 11.0. The largest absolute Gasteiger partial charge is 0.417 e. The van der Waals surface area contributed by atoms with E-state index in [0.717, 1.165) is 5.69 Å². The van der Waals surface area contributed by atoms with Crippen LogP contribution in [0.25, 0.3) is 0 Å². The van der Waals surface area contributed by atoms with Crippen molar-refractivity contribution in [2.75, 3.05) is 18.4 Å². The summed E-state index contributed by atoms with van der Waals surface area (Å²) in [4.78, 5) is 14.1. The molecule has 0 radical (unpaired) electrons. The highest BCUT2D eigenvalue weighted by molar-refractivity contribution is 5.95. The number of aliphatic hydroxyl groups is 1. The number of hydrogen-bond donors (Lipinski definition) is 2. The van der Waals surface area contributed by atoms with E-state index in [1.165, 1.54) is 0 Å². The normalized spacial score (nSPS) is 20.0. The Morgan fingerprint density at radius 1 is 1.33 bits per heavy atom. The van der Waals surface area contributed by atoms with Gasteiger partial charge in [0.15, 0.2) is 5.60 Å². The van der Waals surface area contributed by atoms with E-state index in [4.69, 9.17) is 0 Å². The Kier molecular flexibility index (Phi) is 4.96. The number of aryl methyl sites for hydroxylation is 2. The second-order valence-electron chi connectivity index (χ2n) is 6.40. The Hall–Kier alpha value is -1.61. The van der Waals surface area contributed by atoms with E-state index in [1.54, 1.807) is 30.5 Å². The molecule has 2 N–H and O–H groups in total. The molecule has 0 aromatic carbocycles. The first-order valence-electron chi connectivity index (χ1n) is 7.80. The summed E-state index contributed by atoms with van der Waals surface area (Å²) in [6, 6.07) is -0.596. The van der Waals surface area contributed by atoms with E-state index in [-0.39, 0.29) is 19.0 Å². The molecule has 0 aliphatic carbocycles. The van der Waals surface area contributed by atoms with Gasteiger partial charge in [0.1, 0.15) is 0 Å². The van der Waals surface area contributed by atoms with E-state index in [2.05, 4.69) is 10.4 Å². The van der Waals surface area contributed by atoms with E-state index < -0.39 is 30.7 Å². The number of aromatic nitrogens is 2. The van der Waals surface area contributed by atoms with Crippen LogP contribution in [0, 0.1) is 13.8 Å². The minimum Gasteiger partial charge on any atom is -0.380 e. The number of nitrogens with zero attached hydrogens (tertiary/aromatic N) is 3. The van der Waals surface area contributed by atoms with E-state index in [0.29, 0.717) is 11.4 Å². The Balaban J connectivity index is 2.00. The molecule has 1 saturated heterocycles. The molecular formula is C15H23F3N4O2. The summed E-state index contributed by atoms with van der Waals surface area (Å²) < 4.78 is 40.2. The minimum absolute atomic E-state index is 0.00952. The zero-order valence-electron chi connectivity index (χ0n) is 14.2. The highest BCUT2D eigenvalue weighted by atomic mass is 19.4. The van der Waals surface area contributed by atoms with Crippen molar-refractivity contribution in [1.29, 1.82) is 0 Å². The Morgan fingerprint density at radius 2 is 1.88 bits per heavy atom. The zero-order valence-corrected chi connectivity index (χ0v) is 14.2. The summed E-state index contributed by atoms with van der Waals surface area (Å²) in [6.45, 7) is 5.27. The maximum absolute atomic E-state index is 12.8. The molecule has 1 aromatic rings. The summed E-state index contributed by atoms with van der Waals surface area (Å²) in [6.07, 6.45) is -5.51. The number of nitrogens with one attached hydrogen (secondary N) is 1. The van der Waals surface area contributed by atoms with Crippen LogP contribution in [-0.2, 0) is 11.8 Å². The maximum atomic E-state index is 12.8. The molecule has 2 heterocycles. The summed E-state index contributed by atoms with van der Waals surface area (Å²) in [7, 11) is 1.77. The van der Waals surface area contributed by atoms with Crippen LogP contribution in [-0.4, -0.2) is 56.6 Å². The van der Waals surface area contributed by atoms with E-state index in [1.807, 2.05) is 6.92 Å². The van der Waals surface area contributed by atoms with Crippen molar-refractivity contribution < 1.29 is 23.1 Å². The van der Waals surface area contributed by atoms with Gasteiger partial charge in [-0.3, -0.25) is 14.4 Å². The molecule has 1 aromatic heterocycles. The van der Waals surface area contributed by atoms with Gasteiger partial charge in [-0.15, -0.1) is 0 Å². The summed E-state index contributed by atoms with van der Waals surface area (Å²) in [5, 5.41) is 16.7. The van der Waals surface area contributed by atoms with Crippen molar-refractivity contribution >= 4 is 11.6 Å². The maximum Gasteiger partial charge on any atom is 0.417 e. The summed E-state index contributed by atoms with van der Waals surface area (Å²) in [5.41, 5.74) is -0.548. The van der Waals surface area contributed by atoms with Crippen molar-refractivity contribution in [2.24, 2.45) is 7.05 Å². The van der Waals surface area contributed by atoms with Gasteiger partial charge in [-0.25, -0.2) is 0 Å². The van der Waals surface area contributed by atoms with Crippen molar-refractivity contribution in [3.63, 3.8) is 0 Å². The average Bonchev–Trinajstić information content (AvgIpc) is 2.72. The third-order valence-corrected chi connectivity index (χ3v) is 4.84. The van der Waals surface area contributed by atoms with E-state index in [9.17, 15) is 23.1 Å². The highest BCUT2D eigenvalue weighted by Crippen LogP contribution is 2.38. The lowest BCUT2D eigenvalue weighted by Crippen LogP contribution is -2.56. The number of halogens is 3. The number of likely N-dealkylation sites (tertiary alicyclic amines) is 1. The molecule has 0 saturated carbocycles. The summed E-state index contributed by atoms with van der Waals surface area (Å²) in [5.74, 6) is -0.299. The van der Waals surface area contributed by atoms with Crippen LogP contribution in [0.5, 0.6) is 0 Å². The smallest absolute Gasteiger partial charge is 0.380 e. The van der Waals surface area contributed by atoms with Gasteiger partial charge in [-0.2, -0.15) is 18.3 Å². The van der Waals surface area contributed by atoms with Gasteiger partial charge in [0.2, 0.25) is 5.91 Å². The third kappa shape index (κ3) is 3.41. The van der Waals surface area contributed by atoms with E-state index >= 15 is 0 Å². The van der Waals surface area contributed by atoms with Gasteiger partial charge < -0.3 is 10.4 Å². The van der Waals surface area contributed by atoms with Crippen LogP contribution in [0.15, 0.2) is 0 Å². The predicted octanol–water partition coefficient (Wildman–Crippen LogP) is 1.75. The fourth-order valence-electron chi connectivity index (χ4n) is 2.91. The van der Waals surface area contributed by atoms with Crippen LogP contribution in [0.2, 0.25) is 0 Å². The predicted molar refractivity (Wildman–Crippen MR) is 82.6 cm³/mol. The molecule has 1 atom stereocenters. The van der Waals surface area contributed by atoms with Gasteiger partial charge in [-0.05, 0) is 33.6 Å². The van der Waals surface area contributed by atoms with Crippen LogP contribution < -0.4 is 5.32 Å². The van der Waals surface area contributed by atoms with Gasteiger partial charge in [-0.1, -0.05) is 0 Å². The first kappa shape index (κ1) is 18.7. The van der Waals surface area contributed by atoms with Crippen LogP contribution in [0.1, 0.15) is 31.2 Å². The van der Waals surface area contributed by atoms with Gasteiger partial charge in [0, 0.05) is 20.1 Å². The van der Waals surface area contributed by atoms with Gasteiger partial charge in [0.25, 0.3) is 0 Å². The number of rotatable bonds is 3. The molecule has 24 heavy (non-hydrogen) atoms. The molecule has 2 rings (SSSR count). The number of piperidine rings is 1. The molecule has 1 aliphatic heterocycles. The number of amides is 1. The molecule has 0 bridgehead atoms. The third-order valence-electron chi connectivity index (χ3n) is 4.84. The number of alkyl halides is 3. The topological polar surface area (TPSA) is 70.4 Å². The molecule has 1 fully saturated rings. The lowest BCUT2D eigenvalue weighted by atomic mass is 9.90. The summed E-state index contributed by atoms with van der Waals surface area (Å²) >= 11 is 0. The average molecular weight is 348 g/mol. The van der Waals surface area contributed by atoms with Crippen molar-refractivity contribution in [3.8, 4) is 0 Å². The Bertz CT molecular complexity index is 619. The van der Waals surface area contributed by atoms with Crippen molar-refractivity contribution in [3.05, 3.63) is 11.4 Å². The van der Waals surface area contributed by atoms with Crippen molar-refractivity contribution in [1.82, 2.24) is 14.7 Å². The monoisotopic (exact) mass is 348 g/mol. The molecule has 6 nitrogen and oxygen atoms in total. The lowest BCUT2D eigenvalue weighted by Gasteiger charge is -2.40. The highest BCUT2D eigenvalue weighted by Gasteiger charge is 2.54. The SMILES string of the molecule is Cc1nn(C)c(C)c1NC(=O)C(C)N1CCC(O)(C(F)(F)F)CC1. The fourth-order valence-corrected chi connectivity index (χ4v) is 2.91. The van der Waals surface area contributed by atoms with Crippen LogP contribution in [0.4, 0.5) is 18.9 Å². The molecule has 9 heteroatoms. The molecule has 1 unspecified atom stereocenters. The Morgan fingerprint density at radius 3 is 2.29 bits per heavy atom. The quantitative estimate of drug-likeness (QED) is 0.873. The van der Waals surface area contributed by atoms with Gasteiger partial charge in [0.05, 0.1) is 23.1 Å². The zero-order chi connectivity index (χ0) is 18.3. The van der Waals surface area contributed by atoms with Crippen LogP contribution >= 0.6 is 0 Å². The molecule has 136 valence electrons. The molecule has 1 aliphatic rings. The number of carbonyl (C=O) groups excluding carboxylic acids is 1. The number of hydrogen-bond acceptors (Lipinski definition) is 4. The standard InChI is InChI=1S/C15H23F3N4O2/c1-9-12(10(2)21(4)20-9)19-13(23)11(3)22-7-5-14(24,6-8-22)15(16,17)18/h11,24H,5-8H2,1-4H3,(H,19,23). The fraction of sp³-hybridized carbons (Fsp3) is 0.733. The molecule has 0 spiro atoms. The molecule has 1 amide bonds. The Labute approximate surface area is 138 Å². The van der Waals surface area contributed by atoms with Crippen LogP contribution in [0.3, 0.4) is 0 Å². The molecular weight excluding hydrogens is 325 g/mol. The second kappa shape index (κ2) is 6.36. The number of carbonyl (C=O) groups is 1. The second-order valence-corrected chi connectivity index (χ2v) is 6.40. The number of anilines is 1. The van der Waals surface area contributed by atoms with Gasteiger partial charge >= 0.3 is 6.18 Å². The lowest BCUT2D eigenvalue weighted by molar-refractivity contribution is -0.273. The minimum atomic E-state index is -4.64. The van der Waals surface area contributed by atoms with Crippen molar-refractivity contribution in [2.45, 2.75) is 51.4 Å².